The van der Waals surface area contributed by atoms with Crippen molar-refractivity contribution in [2.24, 2.45) is 0 Å². The number of carbonyl (C=O) groups is 1. The predicted octanol–water partition coefficient (Wildman–Crippen LogP) is 2.77. The zero-order valence-corrected chi connectivity index (χ0v) is 11.3. The lowest BCUT2D eigenvalue weighted by Crippen LogP contribution is -2.36. The Morgan fingerprint density at radius 2 is 1.80 bits per heavy atom. The molecular weight excluding hydrogens is 250 g/mol. The predicted molar refractivity (Wildman–Crippen MR) is 77.2 cm³/mol. The summed E-state index contributed by atoms with van der Waals surface area (Å²) in [5.74, 6) is 0.0455. The number of nitrogens with zero attached hydrogens (tertiary/aromatic N) is 3. The highest BCUT2D eigenvalue weighted by Crippen LogP contribution is 2.22. The van der Waals surface area contributed by atoms with E-state index in [2.05, 4.69) is 9.97 Å². The van der Waals surface area contributed by atoms with Gasteiger partial charge in [0, 0.05) is 24.8 Å². The third-order valence-corrected chi connectivity index (χ3v) is 3.63. The first-order valence-corrected chi connectivity index (χ1v) is 7.01. The molecule has 1 aromatic carbocycles. The second-order valence-electron chi connectivity index (χ2n) is 5.00. The van der Waals surface area contributed by atoms with Crippen molar-refractivity contribution in [2.75, 3.05) is 13.1 Å². The fraction of sp³-hybridized carbons (Fsp3) is 0.312. The van der Waals surface area contributed by atoms with Crippen LogP contribution in [0.4, 0.5) is 0 Å². The van der Waals surface area contributed by atoms with Crippen LogP contribution in [-0.2, 0) is 0 Å². The minimum atomic E-state index is 0.0455. The van der Waals surface area contributed by atoms with E-state index in [0.717, 1.165) is 37.2 Å². The molecule has 0 N–H and O–H groups in total. The Hall–Kier alpha value is -2.23. The minimum absolute atomic E-state index is 0.0455. The SMILES string of the molecule is O=C(c1cncnc1-c1ccccc1)N1CCCCC1. The van der Waals surface area contributed by atoms with E-state index in [-0.39, 0.29) is 5.91 Å². The van der Waals surface area contributed by atoms with Gasteiger partial charge in [-0.1, -0.05) is 30.3 Å². The molecule has 0 saturated carbocycles. The molecule has 2 heterocycles. The van der Waals surface area contributed by atoms with Gasteiger partial charge in [-0.2, -0.15) is 0 Å². The van der Waals surface area contributed by atoms with Crippen LogP contribution in [0.2, 0.25) is 0 Å². The van der Waals surface area contributed by atoms with Crippen LogP contribution < -0.4 is 0 Å². The molecule has 2 aromatic rings. The Morgan fingerprint density at radius 3 is 2.55 bits per heavy atom. The minimum Gasteiger partial charge on any atom is -0.339 e. The molecule has 3 rings (SSSR count). The molecule has 1 fully saturated rings. The maximum atomic E-state index is 12.6. The number of rotatable bonds is 2. The Balaban J connectivity index is 1.95. The summed E-state index contributed by atoms with van der Waals surface area (Å²) >= 11 is 0. The van der Waals surface area contributed by atoms with Gasteiger partial charge in [0.05, 0.1) is 11.3 Å². The van der Waals surface area contributed by atoms with E-state index in [4.69, 9.17) is 0 Å². The maximum absolute atomic E-state index is 12.6. The summed E-state index contributed by atoms with van der Waals surface area (Å²) in [7, 11) is 0. The van der Waals surface area contributed by atoms with Crippen LogP contribution >= 0.6 is 0 Å². The number of likely N-dealkylation sites (tertiary alicyclic amines) is 1. The lowest BCUT2D eigenvalue weighted by atomic mass is 10.0. The van der Waals surface area contributed by atoms with Crippen molar-refractivity contribution in [2.45, 2.75) is 19.3 Å². The molecule has 1 aliphatic heterocycles. The summed E-state index contributed by atoms with van der Waals surface area (Å²) in [6.45, 7) is 1.67. The van der Waals surface area contributed by atoms with Crippen LogP contribution in [0.1, 0.15) is 29.6 Å². The lowest BCUT2D eigenvalue weighted by molar-refractivity contribution is 0.0724. The summed E-state index contributed by atoms with van der Waals surface area (Å²) in [5.41, 5.74) is 2.27. The van der Waals surface area contributed by atoms with Gasteiger partial charge < -0.3 is 4.90 Å². The number of amides is 1. The van der Waals surface area contributed by atoms with Crippen molar-refractivity contribution in [3.05, 3.63) is 48.4 Å². The molecule has 0 aliphatic carbocycles. The molecule has 1 aliphatic rings. The molecule has 20 heavy (non-hydrogen) atoms. The highest BCUT2D eigenvalue weighted by atomic mass is 16.2. The standard InChI is InChI=1S/C16H17N3O/c20-16(19-9-5-2-6-10-19)14-11-17-12-18-15(14)13-7-3-1-4-8-13/h1,3-4,7-8,11-12H,2,5-6,9-10H2. The molecule has 0 bridgehead atoms. The molecule has 4 nitrogen and oxygen atoms in total. The van der Waals surface area contributed by atoms with E-state index in [9.17, 15) is 4.79 Å². The Morgan fingerprint density at radius 1 is 1.05 bits per heavy atom. The van der Waals surface area contributed by atoms with E-state index in [1.165, 1.54) is 12.7 Å². The zero-order chi connectivity index (χ0) is 13.8. The fourth-order valence-corrected chi connectivity index (χ4v) is 2.58. The Labute approximate surface area is 118 Å². The third kappa shape index (κ3) is 2.54. The van der Waals surface area contributed by atoms with Crippen LogP contribution in [0.5, 0.6) is 0 Å². The average molecular weight is 267 g/mol. The van der Waals surface area contributed by atoms with Crippen LogP contribution in [0.25, 0.3) is 11.3 Å². The van der Waals surface area contributed by atoms with Crippen molar-refractivity contribution in [3.63, 3.8) is 0 Å². The molecule has 1 aromatic heterocycles. The van der Waals surface area contributed by atoms with E-state index in [1.807, 2.05) is 35.2 Å². The number of aromatic nitrogens is 2. The van der Waals surface area contributed by atoms with Gasteiger partial charge in [0.15, 0.2) is 0 Å². The Kier molecular flexibility index (Phi) is 3.72. The first-order chi connectivity index (χ1) is 9.86. The van der Waals surface area contributed by atoms with Crippen molar-refractivity contribution < 1.29 is 4.79 Å². The smallest absolute Gasteiger partial charge is 0.257 e. The van der Waals surface area contributed by atoms with Gasteiger partial charge in [0.2, 0.25) is 0 Å². The van der Waals surface area contributed by atoms with E-state index in [1.54, 1.807) is 6.20 Å². The zero-order valence-electron chi connectivity index (χ0n) is 11.3. The third-order valence-electron chi connectivity index (χ3n) is 3.63. The molecule has 0 atom stereocenters. The second-order valence-corrected chi connectivity index (χ2v) is 5.00. The van der Waals surface area contributed by atoms with Gasteiger partial charge in [0.1, 0.15) is 6.33 Å². The van der Waals surface area contributed by atoms with Gasteiger partial charge in [-0.05, 0) is 19.3 Å². The summed E-state index contributed by atoms with van der Waals surface area (Å²) in [6.07, 6.45) is 6.50. The summed E-state index contributed by atoms with van der Waals surface area (Å²) < 4.78 is 0. The van der Waals surface area contributed by atoms with Crippen molar-refractivity contribution in [1.82, 2.24) is 14.9 Å². The number of carbonyl (C=O) groups excluding carboxylic acids is 1. The molecule has 0 radical (unpaired) electrons. The Bertz CT molecular complexity index is 592. The first-order valence-electron chi connectivity index (χ1n) is 7.01. The quantitative estimate of drug-likeness (QED) is 0.840. The normalized spacial score (nSPS) is 15.1. The molecule has 0 unspecified atom stereocenters. The summed E-state index contributed by atoms with van der Waals surface area (Å²) in [5, 5.41) is 0. The van der Waals surface area contributed by atoms with E-state index < -0.39 is 0 Å². The lowest BCUT2D eigenvalue weighted by Gasteiger charge is -2.27. The van der Waals surface area contributed by atoms with Gasteiger partial charge in [-0.3, -0.25) is 4.79 Å². The van der Waals surface area contributed by atoms with Gasteiger partial charge in [-0.25, -0.2) is 9.97 Å². The molecule has 4 heteroatoms. The second kappa shape index (κ2) is 5.82. The summed E-state index contributed by atoms with van der Waals surface area (Å²) in [4.78, 5) is 22.9. The fourth-order valence-electron chi connectivity index (χ4n) is 2.58. The highest BCUT2D eigenvalue weighted by Gasteiger charge is 2.22. The van der Waals surface area contributed by atoms with Crippen LogP contribution in [0.3, 0.4) is 0 Å². The topological polar surface area (TPSA) is 46.1 Å². The van der Waals surface area contributed by atoms with Crippen molar-refractivity contribution in [1.29, 1.82) is 0 Å². The number of benzene rings is 1. The van der Waals surface area contributed by atoms with Gasteiger partial charge >= 0.3 is 0 Å². The largest absolute Gasteiger partial charge is 0.339 e. The molecule has 1 saturated heterocycles. The molecule has 102 valence electrons. The number of hydrogen-bond acceptors (Lipinski definition) is 3. The molecule has 1 amide bonds. The first kappa shape index (κ1) is 12.8. The van der Waals surface area contributed by atoms with E-state index in [0.29, 0.717) is 5.56 Å². The highest BCUT2D eigenvalue weighted by molar-refractivity contribution is 5.99. The number of piperidine rings is 1. The van der Waals surface area contributed by atoms with Crippen LogP contribution in [0, 0.1) is 0 Å². The van der Waals surface area contributed by atoms with Gasteiger partial charge in [-0.15, -0.1) is 0 Å². The maximum Gasteiger partial charge on any atom is 0.257 e. The monoisotopic (exact) mass is 267 g/mol. The van der Waals surface area contributed by atoms with E-state index >= 15 is 0 Å². The average Bonchev–Trinajstić information content (AvgIpc) is 2.56. The van der Waals surface area contributed by atoms with Crippen molar-refractivity contribution >= 4 is 5.91 Å². The van der Waals surface area contributed by atoms with Crippen LogP contribution in [0.15, 0.2) is 42.9 Å². The van der Waals surface area contributed by atoms with Gasteiger partial charge in [0.25, 0.3) is 5.91 Å². The molecular formula is C16H17N3O. The summed E-state index contributed by atoms with van der Waals surface area (Å²) in [6, 6.07) is 9.79. The number of hydrogen-bond donors (Lipinski definition) is 0. The molecule has 0 spiro atoms. The van der Waals surface area contributed by atoms with Crippen LogP contribution in [-0.4, -0.2) is 33.9 Å². The van der Waals surface area contributed by atoms with Crippen molar-refractivity contribution in [3.8, 4) is 11.3 Å².